The van der Waals surface area contributed by atoms with Crippen molar-refractivity contribution in [1.82, 2.24) is 15.2 Å². The van der Waals surface area contributed by atoms with Gasteiger partial charge >= 0.3 is 0 Å². The van der Waals surface area contributed by atoms with Gasteiger partial charge in [-0.3, -0.25) is 19.2 Å². The molecule has 0 radical (unpaired) electrons. The highest BCUT2D eigenvalue weighted by atomic mass is 32.1. The fourth-order valence-electron chi connectivity index (χ4n) is 5.54. The fourth-order valence-corrected chi connectivity index (χ4v) is 6.12. The van der Waals surface area contributed by atoms with E-state index >= 15 is 0 Å². The van der Waals surface area contributed by atoms with Gasteiger partial charge in [0.15, 0.2) is 6.61 Å². The second kappa shape index (κ2) is 16.4. The van der Waals surface area contributed by atoms with Gasteiger partial charge < -0.3 is 36.1 Å². The molecule has 6 rings (SSSR count). The molecule has 1 saturated carbocycles. The van der Waals surface area contributed by atoms with Crippen LogP contribution >= 0.6 is 11.3 Å². The molecule has 4 amide bonds. The molecule has 1 fully saturated rings. The third-order valence-corrected chi connectivity index (χ3v) is 9.04. The number of nitrogens with one attached hydrogen (secondary N) is 3. The lowest BCUT2D eigenvalue weighted by atomic mass is 10.1. The van der Waals surface area contributed by atoms with Crippen molar-refractivity contribution in [2.24, 2.45) is 5.73 Å². The van der Waals surface area contributed by atoms with Crippen LogP contribution in [0, 0.1) is 0 Å². The van der Waals surface area contributed by atoms with Crippen LogP contribution < -0.4 is 31.2 Å². The van der Waals surface area contributed by atoms with Crippen molar-refractivity contribution < 1.29 is 28.7 Å². The van der Waals surface area contributed by atoms with E-state index in [0.717, 1.165) is 43.4 Å². The van der Waals surface area contributed by atoms with Crippen LogP contribution in [-0.4, -0.2) is 65.4 Å². The number of amides is 4. The van der Waals surface area contributed by atoms with Gasteiger partial charge in [-0.1, -0.05) is 18.2 Å². The van der Waals surface area contributed by atoms with E-state index in [2.05, 4.69) is 20.9 Å². The maximum absolute atomic E-state index is 13.5. The molecule has 1 aromatic heterocycles. The Kier molecular flexibility index (Phi) is 11.4. The van der Waals surface area contributed by atoms with Gasteiger partial charge in [0.25, 0.3) is 17.7 Å². The number of carbonyl (C=O) groups is 4. The van der Waals surface area contributed by atoms with Crippen LogP contribution in [0.5, 0.6) is 11.5 Å². The summed E-state index contributed by atoms with van der Waals surface area (Å²) in [6, 6.07) is 19.1. The van der Waals surface area contributed by atoms with Gasteiger partial charge in [0.1, 0.15) is 11.5 Å². The van der Waals surface area contributed by atoms with E-state index in [1.54, 1.807) is 48.0 Å². The van der Waals surface area contributed by atoms with E-state index in [9.17, 15) is 19.2 Å². The van der Waals surface area contributed by atoms with Crippen molar-refractivity contribution in [3.63, 3.8) is 0 Å². The lowest BCUT2D eigenvalue weighted by molar-refractivity contribution is -0.122. The molecule has 5 N–H and O–H groups in total. The van der Waals surface area contributed by atoms with Crippen LogP contribution in [0.1, 0.15) is 64.1 Å². The summed E-state index contributed by atoms with van der Waals surface area (Å²) in [5, 5.41) is 10.5. The molecule has 13 heteroatoms. The molecule has 1 atom stereocenters. The minimum Gasteiger partial charge on any atom is -0.494 e. The Morgan fingerprint density at radius 1 is 1.04 bits per heavy atom. The number of carbonyl (C=O) groups excluding carboxylic acids is 4. The number of nitrogens with two attached hydrogens (primary N) is 1. The molecular formula is C37H40N6O6S. The van der Waals surface area contributed by atoms with E-state index in [4.69, 9.17) is 15.2 Å². The number of ether oxygens (including phenoxy) is 2. The molecule has 0 saturated heterocycles. The minimum atomic E-state index is -0.607. The summed E-state index contributed by atoms with van der Waals surface area (Å²) in [5.41, 5.74) is 11.6. The molecule has 50 heavy (non-hydrogen) atoms. The summed E-state index contributed by atoms with van der Waals surface area (Å²) in [7, 11) is 0. The standard InChI is InChI=1S/C37H40N6O6S/c38-31(19-28-22-50-23-40-28)36(46)39-15-2-1-3-16-48-30-6-4-5-27(18-30)41-35(45)25-9-7-24(8-10-25)20-43(29-12-13-29)37(47)26-11-14-32-33(17-26)49-21-34(44)42-32/h4-11,14,17-18,22-23,29,31H,1-3,12-13,15-16,19-21,38H2,(H,39,46)(H,41,45)(H,42,44). The number of unbranched alkanes of at least 4 members (excludes halogenated alkanes) is 2. The Hall–Kier alpha value is -5.27. The molecule has 260 valence electrons. The van der Waals surface area contributed by atoms with Crippen LogP contribution in [0.25, 0.3) is 0 Å². The van der Waals surface area contributed by atoms with E-state index in [-0.39, 0.29) is 36.3 Å². The van der Waals surface area contributed by atoms with Gasteiger partial charge in [0, 0.05) is 53.8 Å². The van der Waals surface area contributed by atoms with Crippen LogP contribution in [0.4, 0.5) is 11.4 Å². The molecule has 2 aliphatic rings. The van der Waals surface area contributed by atoms with Crippen molar-refractivity contribution in [1.29, 1.82) is 0 Å². The number of nitrogens with zero attached hydrogens (tertiary/aromatic N) is 2. The van der Waals surface area contributed by atoms with Crippen LogP contribution in [0.15, 0.2) is 77.6 Å². The molecule has 4 aromatic rings. The number of hydrogen-bond acceptors (Lipinski definition) is 9. The van der Waals surface area contributed by atoms with Crippen molar-refractivity contribution in [3.8, 4) is 11.5 Å². The summed E-state index contributed by atoms with van der Waals surface area (Å²) < 4.78 is 11.4. The summed E-state index contributed by atoms with van der Waals surface area (Å²) >= 11 is 1.48. The predicted octanol–water partition coefficient (Wildman–Crippen LogP) is 4.77. The van der Waals surface area contributed by atoms with Gasteiger partial charge in [0.05, 0.1) is 29.5 Å². The first-order valence-corrected chi connectivity index (χ1v) is 17.7. The molecule has 12 nitrogen and oxygen atoms in total. The second-order valence-electron chi connectivity index (χ2n) is 12.4. The molecule has 1 aliphatic carbocycles. The highest BCUT2D eigenvalue weighted by molar-refractivity contribution is 7.07. The number of benzene rings is 3. The molecule has 2 heterocycles. The average molecular weight is 697 g/mol. The first-order valence-electron chi connectivity index (χ1n) is 16.7. The first kappa shape index (κ1) is 34.6. The smallest absolute Gasteiger partial charge is 0.262 e. The maximum atomic E-state index is 13.5. The SMILES string of the molecule is NC(Cc1cscn1)C(=O)NCCCCCOc1cccc(NC(=O)c2ccc(CN(C(=O)c3ccc4c(c3)OCC(=O)N4)C3CC3)cc2)c1. The molecular weight excluding hydrogens is 657 g/mol. The highest BCUT2D eigenvalue weighted by Gasteiger charge is 2.33. The van der Waals surface area contributed by atoms with E-state index in [0.29, 0.717) is 60.1 Å². The Morgan fingerprint density at radius 2 is 1.86 bits per heavy atom. The van der Waals surface area contributed by atoms with Crippen LogP contribution in [-0.2, 0) is 22.6 Å². The third-order valence-electron chi connectivity index (χ3n) is 8.41. The molecule has 3 aromatic carbocycles. The summed E-state index contributed by atoms with van der Waals surface area (Å²) in [4.78, 5) is 56.3. The van der Waals surface area contributed by atoms with Gasteiger partial charge in [-0.2, -0.15) is 0 Å². The number of fused-ring (bicyclic) bond motifs is 1. The monoisotopic (exact) mass is 696 g/mol. The zero-order valence-corrected chi connectivity index (χ0v) is 28.4. The van der Waals surface area contributed by atoms with E-state index < -0.39 is 6.04 Å². The number of anilines is 2. The number of aromatic nitrogens is 1. The van der Waals surface area contributed by atoms with Crippen molar-refractivity contribution in [2.45, 2.75) is 57.2 Å². The van der Waals surface area contributed by atoms with E-state index in [1.807, 2.05) is 34.5 Å². The lowest BCUT2D eigenvalue weighted by Gasteiger charge is -2.24. The number of hydrogen-bond donors (Lipinski definition) is 4. The largest absolute Gasteiger partial charge is 0.494 e. The molecule has 1 aliphatic heterocycles. The summed E-state index contributed by atoms with van der Waals surface area (Å²) in [6.45, 7) is 1.40. The zero-order valence-electron chi connectivity index (χ0n) is 27.6. The third kappa shape index (κ3) is 9.45. The van der Waals surface area contributed by atoms with Gasteiger partial charge in [-0.25, -0.2) is 4.98 Å². The minimum absolute atomic E-state index is 0.0762. The van der Waals surface area contributed by atoms with Gasteiger partial charge in [0.2, 0.25) is 5.91 Å². The highest BCUT2D eigenvalue weighted by Crippen LogP contribution is 2.33. The first-order chi connectivity index (χ1) is 24.3. The lowest BCUT2D eigenvalue weighted by Crippen LogP contribution is -2.42. The Balaban J connectivity index is 0.927. The summed E-state index contributed by atoms with van der Waals surface area (Å²) in [5.74, 6) is 0.386. The van der Waals surface area contributed by atoms with E-state index in [1.165, 1.54) is 11.3 Å². The van der Waals surface area contributed by atoms with Crippen molar-refractivity contribution in [2.75, 3.05) is 30.4 Å². The predicted molar refractivity (Wildman–Crippen MR) is 190 cm³/mol. The second-order valence-corrected chi connectivity index (χ2v) is 13.1. The van der Waals surface area contributed by atoms with Gasteiger partial charge in [-0.15, -0.1) is 11.3 Å². The normalized spacial score (nSPS) is 14.1. The Bertz CT molecular complexity index is 1810. The molecule has 1 unspecified atom stereocenters. The quantitative estimate of drug-likeness (QED) is 0.122. The van der Waals surface area contributed by atoms with Crippen LogP contribution in [0.3, 0.4) is 0 Å². The van der Waals surface area contributed by atoms with Crippen molar-refractivity contribution >= 4 is 46.3 Å². The fraction of sp³-hybridized carbons (Fsp3) is 0.324. The number of thiazole rings is 1. The van der Waals surface area contributed by atoms with Crippen molar-refractivity contribution in [3.05, 3.63) is 100 Å². The maximum Gasteiger partial charge on any atom is 0.262 e. The molecule has 0 spiro atoms. The molecule has 0 bridgehead atoms. The zero-order chi connectivity index (χ0) is 34.9. The number of rotatable bonds is 16. The Labute approximate surface area is 294 Å². The summed E-state index contributed by atoms with van der Waals surface area (Å²) in [6.07, 6.45) is 4.82. The van der Waals surface area contributed by atoms with Crippen LogP contribution in [0.2, 0.25) is 0 Å². The topological polar surface area (TPSA) is 165 Å². The van der Waals surface area contributed by atoms with Gasteiger partial charge in [-0.05, 0) is 80.1 Å². The Morgan fingerprint density at radius 3 is 2.64 bits per heavy atom. The average Bonchev–Trinajstić information content (AvgIpc) is 3.84.